The molecule has 2 aliphatic heterocycles. The predicted molar refractivity (Wildman–Crippen MR) is 60.0 cm³/mol. The molecule has 0 radical (unpaired) electrons. The normalized spacial score (nSPS) is 36.1. The van der Waals surface area contributed by atoms with Crippen LogP contribution in [0, 0.1) is 5.92 Å². The Morgan fingerprint density at radius 3 is 3.00 bits per heavy atom. The number of ether oxygens (including phenoxy) is 1. The fraction of sp³-hybridized carbons (Fsp3) is 0.917. The molecule has 2 fully saturated rings. The maximum absolute atomic E-state index is 11.7. The van der Waals surface area contributed by atoms with E-state index >= 15 is 0 Å². The summed E-state index contributed by atoms with van der Waals surface area (Å²) in [5.74, 6) is -0.635. The van der Waals surface area contributed by atoms with Crippen molar-refractivity contribution in [2.24, 2.45) is 5.92 Å². The number of nitrogens with zero attached hydrogens (tertiary/aromatic N) is 1. The summed E-state index contributed by atoms with van der Waals surface area (Å²) in [5, 5.41) is 10.8. The Hall–Kier alpha value is -0.610. The molecule has 2 heterocycles. The molecular formula is C12H21NO3. The highest BCUT2D eigenvalue weighted by atomic mass is 16.5. The van der Waals surface area contributed by atoms with Crippen LogP contribution in [0.5, 0.6) is 0 Å². The second-order valence-corrected chi connectivity index (χ2v) is 4.92. The lowest BCUT2D eigenvalue weighted by molar-refractivity contribution is -0.157. The zero-order chi connectivity index (χ0) is 11.8. The minimum absolute atomic E-state index is 0.163. The van der Waals surface area contributed by atoms with Crippen LogP contribution in [-0.2, 0) is 9.53 Å². The molecule has 2 saturated heterocycles. The average Bonchev–Trinajstić information content (AvgIpc) is 2.84. The van der Waals surface area contributed by atoms with Crippen molar-refractivity contribution in [2.75, 3.05) is 20.2 Å². The number of carbonyl (C=O) groups is 1. The van der Waals surface area contributed by atoms with Crippen LogP contribution in [0.3, 0.4) is 0 Å². The molecule has 1 N–H and O–H groups in total. The topological polar surface area (TPSA) is 49.8 Å². The first kappa shape index (κ1) is 11.9. The predicted octanol–water partition coefficient (Wildman–Crippen LogP) is 0.785. The molecule has 3 atom stereocenters. The van der Waals surface area contributed by atoms with Gasteiger partial charge in [0.25, 0.3) is 0 Å². The quantitative estimate of drug-likeness (QED) is 0.724. The summed E-state index contributed by atoms with van der Waals surface area (Å²) in [5.41, 5.74) is -0.863. The maximum atomic E-state index is 11.7. The first-order chi connectivity index (χ1) is 7.63. The molecule has 4 nitrogen and oxygen atoms in total. The Labute approximate surface area is 96.6 Å². The Bertz CT molecular complexity index is 281. The third-order valence-electron chi connectivity index (χ3n) is 4.24. The first-order valence-electron chi connectivity index (χ1n) is 6.17. The largest absolute Gasteiger partial charge is 0.469 e. The Kier molecular flexibility index (Phi) is 3.22. The molecular weight excluding hydrogens is 206 g/mol. The molecule has 2 aliphatic rings. The second-order valence-electron chi connectivity index (χ2n) is 4.92. The minimum atomic E-state index is -0.863. The van der Waals surface area contributed by atoms with E-state index in [1.807, 2.05) is 6.92 Å². The highest BCUT2D eigenvalue weighted by molar-refractivity contribution is 5.74. The van der Waals surface area contributed by atoms with Crippen LogP contribution in [0.4, 0.5) is 0 Å². The summed E-state index contributed by atoms with van der Waals surface area (Å²) >= 11 is 0. The Morgan fingerprint density at radius 1 is 1.62 bits per heavy atom. The van der Waals surface area contributed by atoms with Crippen molar-refractivity contribution in [3.05, 3.63) is 0 Å². The highest BCUT2D eigenvalue weighted by Gasteiger charge is 2.54. The van der Waals surface area contributed by atoms with Gasteiger partial charge in [-0.15, -0.1) is 0 Å². The number of hydrogen-bond acceptors (Lipinski definition) is 4. The third kappa shape index (κ3) is 1.64. The molecule has 16 heavy (non-hydrogen) atoms. The molecule has 0 amide bonds. The number of carbonyl (C=O) groups excluding carboxylic acids is 1. The van der Waals surface area contributed by atoms with Gasteiger partial charge in [0.1, 0.15) is 0 Å². The van der Waals surface area contributed by atoms with E-state index in [4.69, 9.17) is 4.74 Å². The SMILES string of the molecule is CCC(C(=O)OC)C1(O)CCN2CCCC21. The zero-order valence-electron chi connectivity index (χ0n) is 10.1. The van der Waals surface area contributed by atoms with Gasteiger partial charge in [-0.05, 0) is 32.2 Å². The fourth-order valence-corrected chi connectivity index (χ4v) is 3.42. The number of methoxy groups -OCH3 is 1. The molecule has 4 heteroatoms. The summed E-state index contributed by atoms with van der Waals surface area (Å²) in [6.45, 7) is 3.91. The number of esters is 1. The molecule has 0 aromatic heterocycles. The van der Waals surface area contributed by atoms with Gasteiger partial charge in [-0.3, -0.25) is 9.69 Å². The van der Waals surface area contributed by atoms with E-state index in [0.29, 0.717) is 12.8 Å². The van der Waals surface area contributed by atoms with E-state index < -0.39 is 5.60 Å². The van der Waals surface area contributed by atoms with Gasteiger partial charge in [0.05, 0.1) is 18.6 Å². The van der Waals surface area contributed by atoms with Gasteiger partial charge in [-0.2, -0.15) is 0 Å². The highest BCUT2D eigenvalue weighted by Crippen LogP contribution is 2.42. The van der Waals surface area contributed by atoms with Gasteiger partial charge in [-0.25, -0.2) is 0 Å². The van der Waals surface area contributed by atoms with Gasteiger partial charge >= 0.3 is 5.97 Å². The van der Waals surface area contributed by atoms with Crippen LogP contribution >= 0.6 is 0 Å². The summed E-state index contributed by atoms with van der Waals surface area (Å²) < 4.78 is 4.81. The smallest absolute Gasteiger partial charge is 0.311 e. The van der Waals surface area contributed by atoms with E-state index in [1.165, 1.54) is 7.11 Å². The van der Waals surface area contributed by atoms with E-state index in [1.54, 1.807) is 0 Å². The number of rotatable bonds is 3. The number of fused-ring (bicyclic) bond motifs is 1. The molecule has 2 rings (SSSR count). The minimum Gasteiger partial charge on any atom is -0.469 e. The van der Waals surface area contributed by atoms with Crippen LogP contribution < -0.4 is 0 Å². The van der Waals surface area contributed by atoms with Gasteiger partial charge in [0.2, 0.25) is 0 Å². The Balaban J connectivity index is 2.19. The molecule has 3 unspecified atom stereocenters. The van der Waals surface area contributed by atoms with Crippen molar-refractivity contribution in [1.82, 2.24) is 4.90 Å². The van der Waals surface area contributed by atoms with Gasteiger partial charge in [-0.1, -0.05) is 6.92 Å². The lowest BCUT2D eigenvalue weighted by Crippen LogP contribution is -2.50. The summed E-state index contributed by atoms with van der Waals surface area (Å²) in [7, 11) is 1.40. The standard InChI is InChI=1S/C12H21NO3/c1-3-9(11(14)16-2)12(15)6-8-13-7-4-5-10(12)13/h9-10,15H,3-8H2,1-2H3. The average molecular weight is 227 g/mol. The van der Waals surface area contributed by atoms with Gasteiger partial charge < -0.3 is 9.84 Å². The van der Waals surface area contributed by atoms with Crippen LogP contribution in [0.1, 0.15) is 32.6 Å². The van der Waals surface area contributed by atoms with Crippen LogP contribution in [0.15, 0.2) is 0 Å². The van der Waals surface area contributed by atoms with Crippen LogP contribution in [0.2, 0.25) is 0 Å². The molecule has 0 aromatic rings. The van der Waals surface area contributed by atoms with Crippen molar-refractivity contribution in [3.8, 4) is 0 Å². The molecule has 0 aromatic carbocycles. The van der Waals surface area contributed by atoms with Crippen molar-refractivity contribution in [2.45, 2.75) is 44.2 Å². The fourth-order valence-electron chi connectivity index (χ4n) is 3.42. The van der Waals surface area contributed by atoms with Crippen molar-refractivity contribution < 1.29 is 14.6 Å². The van der Waals surface area contributed by atoms with E-state index in [-0.39, 0.29) is 17.9 Å². The molecule has 0 bridgehead atoms. The molecule has 0 aliphatic carbocycles. The Morgan fingerprint density at radius 2 is 2.38 bits per heavy atom. The van der Waals surface area contributed by atoms with E-state index in [2.05, 4.69) is 4.90 Å². The zero-order valence-corrected chi connectivity index (χ0v) is 10.1. The van der Waals surface area contributed by atoms with E-state index in [0.717, 1.165) is 25.9 Å². The van der Waals surface area contributed by atoms with Crippen LogP contribution in [-0.4, -0.2) is 47.8 Å². The molecule has 0 saturated carbocycles. The third-order valence-corrected chi connectivity index (χ3v) is 4.24. The summed E-state index contributed by atoms with van der Waals surface area (Å²) in [6, 6.07) is 0.163. The number of aliphatic hydroxyl groups is 1. The van der Waals surface area contributed by atoms with Crippen molar-refractivity contribution in [3.63, 3.8) is 0 Å². The van der Waals surface area contributed by atoms with Crippen molar-refractivity contribution in [1.29, 1.82) is 0 Å². The summed E-state index contributed by atoms with van der Waals surface area (Å²) in [4.78, 5) is 14.0. The van der Waals surface area contributed by atoms with E-state index in [9.17, 15) is 9.90 Å². The van der Waals surface area contributed by atoms with Crippen LogP contribution in [0.25, 0.3) is 0 Å². The summed E-state index contributed by atoms with van der Waals surface area (Å²) in [6.07, 6.45) is 3.48. The van der Waals surface area contributed by atoms with Crippen molar-refractivity contribution >= 4 is 5.97 Å². The lowest BCUT2D eigenvalue weighted by atomic mass is 9.78. The maximum Gasteiger partial charge on any atom is 0.311 e. The lowest BCUT2D eigenvalue weighted by Gasteiger charge is -2.35. The second kappa shape index (κ2) is 4.34. The first-order valence-corrected chi connectivity index (χ1v) is 6.17. The number of hydrogen-bond donors (Lipinski definition) is 1. The molecule has 92 valence electrons. The van der Waals surface area contributed by atoms with Gasteiger partial charge in [0.15, 0.2) is 0 Å². The van der Waals surface area contributed by atoms with Gasteiger partial charge in [0, 0.05) is 12.6 Å². The molecule has 0 spiro atoms. The monoisotopic (exact) mass is 227 g/mol.